The Balaban J connectivity index is 1.71. The molecule has 7 heteroatoms. The number of thioether (sulfide) groups is 1. The van der Waals surface area contributed by atoms with Crippen LogP contribution in [0.1, 0.15) is 5.69 Å². The second-order valence-electron chi connectivity index (χ2n) is 5.54. The predicted molar refractivity (Wildman–Crippen MR) is 102 cm³/mol. The van der Waals surface area contributed by atoms with Gasteiger partial charge < -0.3 is 5.32 Å². The molecule has 0 fully saturated rings. The van der Waals surface area contributed by atoms with E-state index in [0.29, 0.717) is 12.2 Å². The molecular weight excluding hydrogens is 348 g/mol. The molecular formula is C19H18N4O2S. The van der Waals surface area contributed by atoms with Gasteiger partial charge in [0, 0.05) is 22.7 Å². The predicted octanol–water partition coefficient (Wildman–Crippen LogP) is 2.34. The summed E-state index contributed by atoms with van der Waals surface area (Å²) in [5, 5.41) is 7.06. The highest BCUT2D eigenvalue weighted by Crippen LogP contribution is 2.20. The van der Waals surface area contributed by atoms with Gasteiger partial charge in [0.1, 0.15) is 6.54 Å². The van der Waals surface area contributed by atoms with Crippen molar-refractivity contribution < 1.29 is 4.79 Å². The molecule has 2 aromatic heterocycles. The number of hydrogen-bond donors (Lipinski definition) is 1. The molecule has 1 aromatic carbocycles. The molecule has 3 rings (SSSR count). The first-order valence-electron chi connectivity index (χ1n) is 8.05. The molecule has 132 valence electrons. The number of carbonyl (C=O) groups is 1. The lowest BCUT2D eigenvalue weighted by Gasteiger charge is -2.08. The molecule has 1 N–H and O–H groups in total. The monoisotopic (exact) mass is 366 g/mol. The Morgan fingerprint density at radius 2 is 1.92 bits per heavy atom. The van der Waals surface area contributed by atoms with Crippen LogP contribution in [0, 0.1) is 0 Å². The summed E-state index contributed by atoms with van der Waals surface area (Å²) in [4.78, 5) is 29.4. The average Bonchev–Trinajstić information content (AvgIpc) is 2.69. The highest BCUT2D eigenvalue weighted by Gasteiger charge is 2.08. The number of carbonyl (C=O) groups excluding carboxylic acids is 1. The summed E-state index contributed by atoms with van der Waals surface area (Å²) in [5.74, 6) is -0.292. The van der Waals surface area contributed by atoms with E-state index in [1.165, 1.54) is 10.7 Å². The van der Waals surface area contributed by atoms with Crippen LogP contribution in [0.15, 0.2) is 70.5 Å². The zero-order valence-corrected chi connectivity index (χ0v) is 15.1. The van der Waals surface area contributed by atoms with Gasteiger partial charge in [-0.3, -0.25) is 14.6 Å². The van der Waals surface area contributed by atoms with Crippen molar-refractivity contribution in [2.75, 3.05) is 6.26 Å². The summed E-state index contributed by atoms with van der Waals surface area (Å²) in [6.07, 6.45) is 3.68. The first-order valence-corrected chi connectivity index (χ1v) is 9.27. The molecule has 0 bridgehead atoms. The first kappa shape index (κ1) is 17.9. The topological polar surface area (TPSA) is 76.9 Å². The molecule has 0 spiro atoms. The third kappa shape index (κ3) is 4.58. The number of nitrogens with zero attached hydrogens (tertiary/aromatic N) is 3. The van der Waals surface area contributed by atoms with Crippen molar-refractivity contribution in [1.82, 2.24) is 20.1 Å². The number of hydrogen-bond acceptors (Lipinski definition) is 5. The van der Waals surface area contributed by atoms with Gasteiger partial charge in [0.2, 0.25) is 5.91 Å². The molecule has 0 radical (unpaired) electrons. The van der Waals surface area contributed by atoms with Gasteiger partial charge in [-0.05, 0) is 36.6 Å². The smallest absolute Gasteiger partial charge is 0.267 e. The van der Waals surface area contributed by atoms with Gasteiger partial charge in [-0.1, -0.05) is 18.2 Å². The molecule has 0 aliphatic rings. The van der Waals surface area contributed by atoms with Crippen molar-refractivity contribution in [3.8, 4) is 11.3 Å². The van der Waals surface area contributed by atoms with Gasteiger partial charge in [-0.15, -0.1) is 11.8 Å². The Morgan fingerprint density at radius 1 is 1.12 bits per heavy atom. The van der Waals surface area contributed by atoms with Crippen LogP contribution in [-0.2, 0) is 17.9 Å². The van der Waals surface area contributed by atoms with Gasteiger partial charge in [0.05, 0.1) is 17.9 Å². The number of pyridine rings is 1. The molecule has 0 saturated carbocycles. The zero-order chi connectivity index (χ0) is 18.4. The minimum atomic E-state index is -0.317. The van der Waals surface area contributed by atoms with Gasteiger partial charge in [0.15, 0.2) is 0 Å². The summed E-state index contributed by atoms with van der Waals surface area (Å²) in [6, 6.07) is 16.5. The lowest BCUT2D eigenvalue weighted by atomic mass is 10.1. The van der Waals surface area contributed by atoms with Crippen molar-refractivity contribution in [3.63, 3.8) is 0 Å². The molecule has 26 heavy (non-hydrogen) atoms. The molecule has 0 unspecified atom stereocenters. The first-order chi connectivity index (χ1) is 12.7. The summed E-state index contributed by atoms with van der Waals surface area (Å²) < 4.78 is 1.17. The summed E-state index contributed by atoms with van der Waals surface area (Å²) >= 11 is 1.66. The number of amides is 1. The molecule has 1 amide bonds. The van der Waals surface area contributed by atoms with Crippen LogP contribution in [0.3, 0.4) is 0 Å². The van der Waals surface area contributed by atoms with Crippen LogP contribution >= 0.6 is 11.8 Å². The fourth-order valence-corrected chi connectivity index (χ4v) is 2.77. The van der Waals surface area contributed by atoms with Crippen molar-refractivity contribution in [3.05, 3.63) is 76.8 Å². The molecule has 0 atom stereocenters. The lowest BCUT2D eigenvalue weighted by Crippen LogP contribution is -2.33. The molecule has 0 aliphatic heterocycles. The normalized spacial score (nSPS) is 10.5. The third-order valence-electron chi connectivity index (χ3n) is 3.74. The maximum Gasteiger partial charge on any atom is 0.267 e. The molecule has 0 aliphatic carbocycles. The molecule has 2 heterocycles. The Labute approximate surface area is 155 Å². The van der Waals surface area contributed by atoms with Crippen molar-refractivity contribution in [2.24, 2.45) is 0 Å². The Bertz CT molecular complexity index is 940. The second-order valence-corrected chi connectivity index (χ2v) is 6.42. The van der Waals surface area contributed by atoms with Crippen LogP contribution < -0.4 is 10.9 Å². The highest BCUT2D eigenvalue weighted by molar-refractivity contribution is 7.98. The van der Waals surface area contributed by atoms with Crippen molar-refractivity contribution >= 4 is 17.7 Å². The minimum Gasteiger partial charge on any atom is -0.349 e. The molecule has 3 aromatic rings. The average molecular weight is 366 g/mol. The number of aromatic nitrogens is 3. The van der Waals surface area contributed by atoms with Crippen LogP contribution in [0.5, 0.6) is 0 Å². The van der Waals surface area contributed by atoms with E-state index in [9.17, 15) is 9.59 Å². The highest BCUT2D eigenvalue weighted by atomic mass is 32.2. The third-order valence-corrected chi connectivity index (χ3v) is 4.48. The number of nitrogens with one attached hydrogen (secondary N) is 1. The lowest BCUT2D eigenvalue weighted by molar-refractivity contribution is -0.122. The van der Waals surface area contributed by atoms with E-state index in [0.717, 1.165) is 16.2 Å². The fourth-order valence-electron chi connectivity index (χ4n) is 2.36. The SMILES string of the molecule is CSc1ccc(-c2ccc(=O)n(CC(=O)NCc3ccccn3)n2)cc1. The van der Waals surface area contributed by atoms with Gasteiger partial charge in [-0.2, -0.15) is 5.10 Å². The maximum atomic E-state index is 12.1. The zero-order valence-electron chi connectivity index (χ0n) is 14.3. The number of rotatable bonds is 6. The number of benzene rings is 1. The fraction of sp³-hybridized carbons (Fsp3) is 0.158. The maximum absolute atomic E-state index is 12.1. The second kappa shape index (κ2) is 8.44. The summed E-state index contributed by atoms with van der Waals surface area (Å²) in [7, 11) is 0. The van der Waals surface area contributed by atoms with Crippen LogP contribution in [0.4, 0.5) is 0 Å². The largest absolute Gasteiger partial charge is 0.349 e. The van der Waals surface area contributed by atoms with Gasteiger partial charge in [0.25, 0.3) is 5.56 Å². The summed E-state index contributed by atoms with van der Waals surface area (Å²) in [5.41, 5.74) is 1.98. The van der Waals surface area contributed by atoms with Crippen LogP contribution in [-0.4, -0.2) is 26.9 Å². The minimum absolute atomic E-state index is 0.137. The molecule has 0 saturated heterocycles. The van der Waals surface area contributed by atoms with E-state index < -0.39 is 0 Å². The van der Waals surface area contributed by atoms with Gasteiger partial charge in [-0.25, -0.2) is 4.68 Å². The Morgan fingerprint density at radius 3 is 2.62 bits per heavy atom. The van der Waals surface area contributed by atoms with E-state index in [2.05, 4.69) is 15.4 Å². The van der Waals surface area contributed by atoms with Crippen molar-refractivity contribution in [2.45, 2.75) is 18.0 Å². The standard InChI is InChI=1S/C19H18N4O2S/c1-26-16-7-5-14(6-8-16)17-9-10-19(25)23(22-17)13-18(24)21-12-15-4-2-3-11-20-15/h2-11H,12-13H2,1H3,(H,21,24). The van der Waals surface area contributed by atoms with E-state index >= 15 is 0 Å². The van der Waals surface area contributed by atoms with E-state index in [1.54, 1.807) is 24.0 Å². The Hall–Kier alpha value is -2.93. The van der Waals surface area contributed by atoms with Crippen molar-refractivity contribution in [1.29, 1.82) is 0 Å². The van der Waals surface area contributed by atoms with E-state index in [-0.39, 0.29) is 18.0 Å². The molecule has 6 nitrogen and oxygen atoms in total. The van der Waals surface area contributed by atoms with Crippen LogP contribution in [0.2, 0.25) is 0 Å². The van der Waals surface area contributed by atoms with Crippen LogP contribution in [0.25, 0.3) is 11.3 Å². The van der Waals surface area contributed by atoms with Gasteiger partial charge >= 0.3 is 0 Å². The quantitative estimate of drug-likeness (QED) is 0.678. The van der Waals surface area contributed by atoms with E-state index in [4.69, 9.17) is 0 Å². The van der Waals surface area contributed by atoms with E-state index in [1.807, 2.05) is 48.7 Å². The Kier molecular flexibility index (Phi) is 5.80. The summed E-state index contributed by atoms with van der Waals surface area (Å²) in [6.45, 7) is 0.173.